The second-order valence-corrected chi connectivity index (χ2v) is 7.34. The van der Waals surface area contributed by atoms with E-state index in [1.807, 2.05) is 42.5 Å². The third-order valence-electron chi connectivity index (χ3n) is 2.82. The van der Waals surface area contributed by atoms with Crippen molar-refractivity contribution in [3.8, 4) is 5.75 Å². The molecule has 0 radical (unpaired) electrons. The monoisotopic (exact) mass is 362 g/mol. The van der Waals surface area contributed by atoms with Crippen molar-refractivity contribution in [2.24, 2.45) is 0 Å². The van der Waals surface area contributed by atoms with Gasteiger partial charge in [0.25, 0.3) is 0 Å². The second-order valence-electron chi connectivity index (χ2n) is 4.83. The third kappa shape index (κ3) is 11.0. The number of hydrogen-bond donors (Lipinski definition) is 0. The van der Waals surface area contributed by atoms with Crippen LogP contribution in [0.25, 0.3) is 0 Å². The molecule has 0 bridgehead atoms. The van der Waals surface area contributed by atoms with Crippen LogP contribution in [-0.2, 0) is 4.74 Å². The maximum Gasteiger partial charge on any atom is 0.194 e. The molecule has 1 rings (SSSR count). The molecule has 0 aliphatic rings. The fraction of sp³-hybridized carbons (Fsp3) is 0.412. The lowest BCUT2D eigenvalue weighted by molar-refractivity contribution is 0.0304. The topological polar surface area (TPSA) is 18.5 Å². The number of ether oxygens (including phenoxy) is 2. The van der Waals surface area contributed by atoms with Crippen molar-refractivity contribution in [2.75, 3.05) is 13.4 Å². The maximum atomic E-state index is 5.66. The highest BCUT2D eigenvalue weighted by molar-refractivity contribution is 6.67. The van der Waals surface area contributed by atoms with Crippen LogP contribution in [0.15, 0.2) is 54.1 Å². The molecule has 0 unspecified atom stereocenters. The Morgan fingerprint density at radius 3 is 2.55 bits per heavy atom. The molecule has 22 heavy (non-hydrogen) atoms. The highest BCUT2D eigenvalue weighted by Crippen LogP contribution is 2.30. The van der Waals surface area contributed by atoms with Crippen LogP contribution in [-0.4, -0.2) is 17.2 Å². The van der Waals surface area contributed by atoms with Crippen LogP contribution in [0.2, 0.25) is 0 Å². The van der Waals surface area contributed by atoms with Gasteiger partial charge in [0.2, 0.25) is 0 Å². The first-order valence-corrected chi connectivity index (χ1v) is 8.24. The van der Waals surface area contributed by atoms with Crippen molar-refractivity contribution in [3.05, 3.63) is 54.1 Å². The van der Waals surface area contributed by atoms with Gasteiger partial charge in [0.15, 0.2) is 10.6 Å². The maximum absolute atomic E-state index is 5.66. The van der Waals surface area contributed by atoms with Crippen LogP contribution < -0.4 is 4.74 Å². The van der Waals surface area contributed by atoms with Gasteiger partial charge in [0.1, 0.15) is 5.75 Å². The van der Waals surface area contributed by atoms with E-state index in [1.54, 1.807) is 0 Å². The van der Waals surface area contributed by atoms with E-state index in [0.717, 1.165) is 18.6 Å². The van der Waals surface area contributed by atoms with E-state index in [4.69, 9.17) is 44.3 Å². The molecule has 0 heterocycles. The molecule has 0 fully saturated rings. The van der Waals surface area contributed by atoms with Crippen LogP contribution >= 0.6 is 34.8 Å². The molecule has 1 aromatic carbocycles. The summed E-state index contributed by atoms with van der Waals surface area (Å²) in [5.41, 5.74) is 1.26. The van der Waals surface area contributed by atoms with Crippen LogP contribution in [0.5, 0.6) is 5.75 Å². The van der Waals surface area contributed by atoms with E-state index in [9.17, 15) is 0 Å². The second kappa shape index (κ2) is 11.0. The summed E-state index contributed by atoms with van der Waals surface area (Å²) in [4.78, 5) is 0. The molecule has 0 amide bonds. The van der Waals surface area contributed by atoms with Crippen LogP contribution in [0.1, 0.15) is 26.2 Å². The Morgan fingerprint density at radius 1 is 1.14 bits per heavy atom. The standard InChI is InChI=1S/C17H21Cl3O2/c1-15(8-4-3-7-12-17(18,19)20)11-13-21-14-22-16-9-5-2-6-10-16/h2-3,5-7,9-11H,4,8,12-14H2,1H3/b7-3+,15-11+. The number of hydrogen-bond acceptors (Lipinski definition) is 2. The van der Waals surface area contributed by atoms with Gasteiger partial charge in [0, 0.05) is 6.42 Å². The Hall–Kier alpha value is -0.670. The van der Waals surface area contributed by atoms with Crippen molar-refractivity contribution in [1.29, 1.82) is 0 Å². The van der Waals surface area contributed by atoms with Gasteiger partial charge in [-0.05, 0) is 31.9 Å². The molecule has 122 valence electrons. The normalized spacial score (nSPS) is 12.8. The molecule has 1 aromatic rings. The van der Waals surface area contributed by atoms with Gasteiger partial charge in [-0.1, -0.05) is 76.8 Å². The van der Waals surface area contributed by atoms with Gasteiger partial charge in [-0.2, -0.15) is 0 Å². The van der Waals surface area contributed by atoms with Crippen LogP contribution in [0.4, 0.5) is 0 Å². The van der Waals surface area contributed by atoms with Gasteiger partial charge >= 0.3 is 0 Å². The molecule has 0 N–H and O–H groups in total. The van der Waals surface area contributed by atoms with Crippen molar-refractivity contribution in [3.63, 3.8) is 0 Å². The quantitative estimate of drug-likeness (QED) is 0.229. The zero-order chi connectivity index (χ0) is 16.3. The molecule has 0 saturated heterocycles. The molecular formula is C17H21Cl3O2. The molecule has 5 heteroatoms. The van der Waals surface area contributed by atoms with Crippen molar-refractivity contribution >= 4 is 34.8 Å². The minimum atomic E-state index is -1.20. The first-order valence-electron chi connectivity index (χ1n) is 7.10. The summed E-state index contributed by atoms with van der Waals surface area (Å²) in [5.74, 6) is 0.808. The predicted molar refractivity (Wildman–Crippen MR) is 94.9 cm³/mol. The summed E-state index contributed by atoms with van der Waals surface area (Å²) in [6.45, 7) is 2.86. The average Bonchev–Trinajstić information content (AvgIpc) is 2.46. The van der Waals surface area contributed by atoms with Gasteiger partial charge in [-0.15, -0.1) is 0 Å². The summed E-state index contributed by atoms with van der Waals surface area (Å²) < 4.78 is 9.64. The minimum absolute atomic E-state index is 0.247. The number of rotatable bonds is 9. The fourth-order valence-corrected chi connectivity index (χ4v) is 1.89. The van der Waals surface area contributed by atoms with E-state index < -0.39 is 3.79 Å². The highest BCUT2D eigenvalue weighted by Gasteiger charge is 2.16. The number of halogens is 3. The van der Waals surface area contributed by atoms with Crippen LogP contribution in [0.3, 0.4) is 0 Å². The van der Waals surface area contributed by atoms with E-state index in [2.05, 4.69) is 13.0 Å². The van der Waals surface area contributed by atoms with E-state index in [-0.39, 0.29) is 6.79 Å². The molecule has 0 spiro atoms. The summed E-state index contributed by atoms with van der Waals surface area (Å²) >= 11 is 17.0. The Balaban J connectivity index is 2.08. The first kappa shape index (κ1) is 19.4. The lowest BCUT2D eigenvalue weighted by atomic mass is 10.1. The summed E-state index contributed by atoms with van der Waals surface area (Å²) in [6.07, 6.45) is 8.28. The molecule has 0 aliphatic carbocycles. The molecule has 0 atom stereocenters. The first-order chi connectivity index (χ1) is 10.5. The van der Waals surface area contributed by atoms with Crippen molar-refractivity contribution < 1.29 is 9.47 Å². The summed E-state index contributed by atoms with van der Waals surface area (Å²) in [6, 6.07) is 9.59. The Kier molecular flexibility index (Phi) is 9.65. The molecule has 0 aliphatic heterocycles. The molecule has 0 aromatic heterocycles. The Labute approximate surface area is 147 Å². The van der Waals surface area contributed by atoms with E-state index in [0.29, 0.717) is 13.0 Å². The van der Waals surface area contributed by atoms with Crippen molar-refractivity contribution in [2.45, 2.75) is 30.0 Å². The SMILES string of the molecule is C/C(=C\COCOc1ccccc1)CC/C=C/CC(Cl)(Cl)Cl. The van der Waals surface area contributed by atoms with E-state index >= 15 is 0 Å². The zero-order valence-electron chi connectivity index (χ0n) is 12.6. The Bertz CT molecular complexity index is 465. The lowest BCUT2D eigenvalue weighted by Crippen LogP contribution is -2.02. The van der Waals surface area contributed by atoms with E-state index in [1.165, 1.54) is 5.57 Å². The molecule has 2 nitrogen and oxygen atoms in total. The van der Waals surface area contributed by atoms with Gasteiger partial charge in [-0.3, -0.25) is 0 Å². The van der Waals surface area contributed by atoms with Crippen molar-refractivity contribution in [1.82, 2.24) is 0 Å². The predicted octanol–water partition coefficient (Wildman–Crippen LogP) is 6.08. The zero-order valence-corrected chi connectivity index (χ0v) is 14.9. The smallest absolute Gasteiger partial charge is 0.194 e. The Morgan fingerprint density at radius 2 is 1.86 bits per heavy atom. The van der Waals surface area contributed by atoms with Gasteiger partial charge < -0.3 is 9.47 Å². The number of para-hydroxylation sites is 1. The summed E-state index contributed by atoms with van der Waals surface area (Å²) in [7, 11) is 0. The third-order valence-corrected chi connectivity index (χ3v) is 3.29. The number of allylic oxidation sites excluding steroid dienone is 3. The fourth-order valence-electron chi connectivity index (χ4n) is 1.62. The molecule has 0 saturated carbocycles. The van der Waals surface area contributed by atoms with Gasteiger partial charge in [0.05, 0.1) is 6.61 Å². The number of alkyl halides is 3. The van der Waals surface area contributed by atoms with Gasteiger partial charge in [-0.25, -0.2) is 0 Å². The average molecular weight is 364 g/mol. The number of benzene rings is 1. The minimum Gasteiger partial charge on any atom is -0.468 e. The van der Waals surface area contributed by atoms with Crippen LogP contribution in [0, 0.1) is 0 Å². The molecular weight excluding hydrogens is 343 g/mol. The summed E-state index contributed by atoms with van der Waals surface area (Å²) in [5, 5.41) is 0. The lowest BCUT2D eigenvalue weighted by Gasteiger charge is -2.06. The highest BCUT2D eigenvalue weighted by atomic mass is 35.6. The largest absolute Gasteiger partial charge is 0.468 e.